The van der Waals surface area contributed by atoms with Crippen molar-refractivity contribution in [2.24, 2.45) is 0 Å². The maximum absolute atomic E-state index is 12.1. The predicted octanol–water partition coefficient (Wildman–Crippen LogP) is 3.73. The monoisotopic (exact) mass is 597 g/mol. The van der Waals surface area contributed by atoms with Gasteiger partial charge in [-0.15, -0.1) is 0 Å². The maximum Gasteiger partial charge on any atom is 0.320 e. The van der Waals surface area contributed by atoms with Crippen LogP contribution in [0.1, 0.15) is 103 Å². The van der Waals surface area contributed by atoms with E-state index in [1.807, 2.05) is 30.8 Å². The first-order valence-electron chi connectivity index (χ1n) is 15.9. The molecule has 2 heterocycles. The minimum absolute atomic E-state index is 0.0509. The van der Waals surface area contributed by atoms with Gasteiger partial charge in [0, 0.05) is 36.9 Å². The van der Waals surface area contributed by atoms with Crippen molar-refractivity contribution < 1.29 is 23.9 Å². The lowest BCUT2D eigenvalue weighted by atomic mass is 10.0. The van der Waals surface area contributed by atoms with Crippen LogP contribution in [0, 0.1) is 0 Å². The van der Waals surface area contributed by atoms with Crippen LogP contribution in [0.4, 0.5) is 4.79 Å². The van der Waals surface area contributed by atoms with E-state index in [-0.39, 0.29) is 35.9 Å². The number of hydrogen-bond donors (Lipinski definition) is 4. The zero-order valence-corrected chi connectivity index (χ0v) is 26.3. The molecule has 41 heavy (non-hydrogen) atoms. The number of carbonyl (C=O) groups excluding carboxylic acids is 4. The Kier molecular flexibility index (Phi) is 18.6. The quantitative estimate of drug-likeness (QED) is 0.0758. The number of unbranched alkanes of at least 4 members (excludes halogenated alkanes) is 10. The van der Waals surface area contributed by atoms with Crippen LogP contribution in [-0.4, -0.2) is 92.1 Å². The van der Waals surface area contributed by atoms with E-state index in [9.17, 15) is 19.2 Å². The molecule has 236 valence electrons. The summed E-state index contributed by atoms with van der Waals surface area (Å²) in [5, 5.41) is 12.4. The molecule has 11 heteroatoms. The third kappa shape index (κ3) is 16.9. The molecular weight excluding hydrogens is 542 g/mol. The molecule has 0 aromatic heterocycles. The van der Waals surface area contributed by atoms with E-state index in [2.05, 4.69) is 21.3 Å². The Morgan fingerprint density at radius 3 is 2.00 bits per heavy atom. The molecular formula is C30H55N5O5S. The second-order valence-corrected chi connectivity index (χ2v) is 12.9. The van der Waals surface area contributed by atoms with Gasteiger partial charge in [-0.3, -0.25) is 19.3 Å². The van der Waals surface area contributed by atoms with Gasteiger partial charge in [0.2, 0.25) is 11.8 Å². The van der Waals surface area contributed by atoms with E-state index in [0.717, 1.165) is 76.5 Å². The van der Waals surface area contributed by atoms with Gasteiger partial charge in [0.15, 0.2) is 0 Å². The number of fused-ring (bicyclic) bond motifs is 1. The number of amides is 4. The van der Waals surface area contributed by atoms with Crippen molar-refractivity contribution in [2.75, 3.05) is 46.1 Å². The van der Waals surface area contributed by atoms with Crippen molar-refractivity contribution in [3.8, 4) is 0 Å². The Hall–Kier alpha value is -2.01. The molecule has 0 spiro atoms. The van der Waals surface area contributed by atoms with Gasteiger partial charge < -0.3 is 26.0 Å². The van der Waals surface area contributed by atoms with E-state index >= 15 is 0 Å². The number of nitrogens with zero attached hydrogens (tertiary/aromatic N) is 1. The summed E-state index contributed by atoms with van der Waals surface area (Å²) in [5.74, 6) is 1.05. The third-order valence-corrected chi connectivity index (χ3v) is 9.09. The highest BCUT2D eigenvalue weighted by molar-refractivity contribution is 8.00. The van der Waals surface area contributed by atoms with Crippen molar-refractivity contribution >= 4 is 35.6 Å². The molecule has 0 aromatic rings. The van der Waals surface area contributed by atoms with Crippen LogP contribution in [-0.2, 0) is 19.1 Å². The highest BCUT2D eigenvalue weighted by atomic mass is 32.2. The summed E-state index contributed by atoms with van der Waals surface area (Å²) >= 11 is 1.91. The Bertz CT molecular complexity index is 784. The maximum atomic E-state index is 12.1. The lowest BCUT2D eigenvalue weighted by molar-refractivity contribution is -0.144. The number of carbonyl (C=O) groups is 4. The molecule has 0 unspecified atom stereocenters. The minimum Gasteiger partial charge on any atom is -0.465 e. The van der Waals surface area contributed by atoms with Crippen molar-refractivity contribution in [3.05, 3.63) is 0 Å². The predicted molar refractivity (Wildman–Crippen MR) is 165 cm³/mol. The fourth-order valence-corrected chi connectivity index (χ4v) is 6.81. The molecule has 2 rings (SSSR count). The smallest absolute Gasteiger partial charge is 0.320 e. The van der Waals surface area contributed by atoms with Crippen LogP contribution in [0.15, 0.2) is 0 Å². The van der Waals surface area contributed by atoms with Crippen LogP contribution in [0.3, 0.4) is 0 Å². The lowest BCUT2D eigenvalue weighted by Crippen LogP contribution is -2.36. The fourth-order valence-electron chi connectivity index (χ4n) is 5.27. The Morgan fingerprint density at radius 2 is 1.37 bits per heavy atom. The Balaban J connectivity index is 1.27. The molecule has 4 amide bonds. The first-order chi connectivity index (χ1) is 19.8. The summed E-state index contributed by atoms with van der Waals surface area (Å²) in [6.07, 6.45) is 15.7. The first-order valence-corrected chi connectivity index (χ1v) is 16.9. The van der Waals surface area contributed by atoms with Gasteiger partial charge in [-0.2, -0.15) is 11.8 Å². The first kappa shape index (κ1) is 35.2. The summed E-state index contributed by atoms with van der Waals surface area (Å²) in [6, 6.07) is 0.444. The summed E-state index contributed by atoms with van der Waals surface area (Å²) in [7, 11) is 3.71. The summed E-state index contributed by atoms with van der Waals surface area (Å²) in [5.41, 5.74) is 0. The highest BCUT2D eigenvalue weighted by Gasteiger charge is 2.42. The average molecular weight is 598 g/mol. The summed E-state index contributed by atoms with van der Waals surface area (Å²) in [4.78, 5) is 48.8. The number of ether oxygens (including phenoxy) is 1. The van der Waals surface area contributed by atoms with Crippen molar-refractivity contribution in [1.29, 1.82) is 0 Å². The molecule has 0 saturated carbocycles. The van der Waals surface area contributed by atoms with Crippen LogP contribution in [0.25, 0.3) is 0 Å². The van der Waals surface area contributed by atoms with E-state index in [1.165, 1.54) is 25.7 Å². The van der Waals surface area contributed by atoms with Crippen molar-refractivity contribution in [2.45, 2.75) is 120 Å². The fraction of sp³-hybridized carbons (Fsp3) is 0.867. The Labute approximate surface area is 251 Å². The molecule has 0 bridgehead atoms. The number of hydrogen-bond acceptors (Lipinski definition) is 7. The van der Waals surface area contributed by atoms with Crippen LogP contribution < -0.4 is 21.3 Å². The van der Waals surface area contributed by atoms with Crippen molar-refractivity contribution in [3.63, 3.8) is 0 Å². The number of rotatable bonds is 24. The van der Waals surface area contributed by atoms with Gasteiger partial charge in [-0.05, 0) is 52.6 Å². The molecule has 0 aliphatic carbocycles. The number of thioether (sulfide) groups is 1. The standard InChI is InChI=1S/C30H55N5O5S/c1-35(2)22-28(38)40-21-15-8-6-4-3-5-7-13-19-31-26(36)17-10-9-14-20-32-27(37)18-12-11-16-25-29-24(23-41-25)33-30(39)34-29/h24-25,29H,3-23H2,1-2H3,(H,31,36)(H,32,37)(H2,33,34,39)/t24-,25-,29-/m0/s1. The van der Waals surface area contributed by atoms with E-state index in [4.69, 9.17) is 4.74 Å². The number of nitrogens with one attached hydrogen (secondary N) is 4. The molecule has 2 fully saturated rings. The normalized spacial score (nSPS) is 19.5. The van der Waals surface area contributed by atoms with Gasteiger partial charge in [-0.25, -0.2) is 4.79 Å². The van der Waals surface area contributed by atoms with Crippen LogP contribution in [0.2, 0.25) is 0 Å². The number of esters is 1. The van der Waals surface area contributed by atoms with Gasteiger partial charge in [-0.1, -0.05) is 51.4 Å². The largest absolute Gasteiger partial charge is 0.465 e. The molecule has 3 atom stereocenters. The molecule has 4 N–H and O–H groups in total. The number of likely N-dealkylation sites (N-methyl/N-ethyl adjacent to an activating group) is 1. The molecule has 2 saturated heterocycles. The highest BCUT2D eigenvalue weighted by Crippen LogP contribution is 2.33. The summed E-state index contributed by atoms with van der Waals surface area (Å²) in [6.45, 7) is 2.28. The van der Waals surface area contributed by atoms with E-state index < -0.39 is 0 Å². The Morgan fingerprint density at radius 1 is 0.805 bits per heavy atom. The minimum atomic E-state index is -0.154. The zero-order chi connectivity index (χ0) is 29.7. The summed E-state index contributed by atoms with van der Waals surface area (Å²) < 4.78 is 5.19. The SMILES string of the molecule is CN(C)CC(=O)OCCCCCCCCCCNC(=O)CCCCCNC(=O)CCCC[C@@H]1SC[C@@H]2NC(=O)N[C@@H]21. The number of urea groups is 1. The van der Waals surface area contributed by atoms with Crippen LogP contribution >= 0.6 is 11.8 Å². The van der Waals surface area contributed by atoms with Gasteiger partial charge in [0.25, 0.3) is 0 Å². The second kappa shape index (κ2) is 21.7. The molecule has 0 aromatic carbocycles. The average Bonchev–Trinajstić information content (AvgIpc) is 3.47. The zero-order valence-electron chi connectivity index (χ0n) is 25.5. The van der Waals surface area contributed by atoms with E-state index in [1.54, 1.807) is 0 Å². The third-order valence-electron chi connectivity index (χ3n) is 7.59. The van der Waals surface area contributed by atoms with E-state index in [0.29, 0.717) is 37.8 Å². The van der Waals surface area contributed by atoms with Gasteiger partial charge in [0.1, 0.15) is 0 Å². The second-order valence-electron chi connectivity index (χ2n) is 11.7. The van der Waals surface area contributed by atoms with Crippen LogP contribution in [0.5, 0.6) is 0 Å². The molecule has 2 aliphatic rings. The van der Waals surface area contributed by atoms with Gasteiger partial charge in [0.05, 0.1) is 25.2 Å². The molecule has 10 nitrogen and oxygen atoms in total. The van der Waals surface area contributed by atoms with Crippen molar-refractivity contribution in [1.82, 2.24) is 26.2 Å². The molecule has 0 radical (unpaired) electrons. The molecule has 2 aliphatic heterocycles. The lowest BCUT2D eigenvalue weighted by Gasteiger charge is -2.16. The van der Waals surface area contributed by atoms with Gasteiger partial charge >= 0.3 is 12.0 Å². The topological polar surface area (TPSA) is 129 Å².